The van der Waals surface area contributed by atoms with Crippen LogP contribution in [0.15, 0.2) is 12.3 Å². The molecule has 2 aromatic rings. The predicted octanol–water partition coefficient (Wildman–Crippen LogP) is 3.62. The summed E-state index contributed by atoms with van der Waals surface area (Å²) in [5.74, 6) is 0.619. The summed E-state index contributed by atoms with van der Waals surface area (Å²) >= 11 is 0. The van der Waals surface area contributed by atoms with Gasteiger partial charge in [-0.1, -0.05) is 13.8 Å². The minimum absolute atomic E-state index is 0.104. The number of hydrogen-bond acceptors (Lipinski definition) is 2. The molecule has 3 nitrogen and oxygen atoms in total. The molecule has 2 unspecified atom stereocenters. The maximum atomic E-state index is 14.2. The molecule has 3 heterocycles. The third-order valence-corrected chi connectivity index (χ3v) is 4.09. The first kappa shape index (κ1) is 14.3. The highest BCUT2D eigenvalue weighted by atomic mass is 19.4. The second-order valence-electron chi connectivity index (χ2n) is 5.83. The summed E-state index contributed by atoms with van der Waals surface area (Å²) in [6, 6.07) is 0.977. The number of nitrogens with zero attached hydrogens (tertiary/aromatic N) is 3. The lowest BCUT2D eigenvalue weighted by atomic mass is 9.86. The fourth-order valence-electron chi connectivity index (χ4n) is 2.86. The molecule has 2 aromatic heterocycles. The smallest absolute Gasteiger partial charge is 0.310 e. The highest BCUT2D eigenvalue weighted by molar-refractivity contribution is 5.72. The van der Waals surface area contributed by atoms with Crippen LogP contribution < -0.4 is 0 Å². The lowest BCUT2D eigenvalue weighted by Gasteiger charge is -2.29. The van der Waals surface area contributed by atoms with E-state index in [0.29, 0.717) is 17.9 Å². The van der Waals surface area contributed by atoms with Gasteiger partial charge in [0.05, 0.1) is 12.1 Å². The number of pyridine rings is 1. The monoisotopic (exact) mass is 301 g/mol. The molecule has 2 atom stereocenters. The van der Waals surface area contributed by atoms with Gasteiger partial charge in [-0.05, 0) is 12.0 Å². The normalized spacial score (nSPS) is 22.8. The van der Waals surface area contributed by atoms with Crippen LogP contribution in [-0.2, 0) is 19.1 Å². The zero-order valence-electron chi connectivity index (χ0n) is 11.7. The molecule has 0 aromatic carbocycles. The number of fused-ring (bicyclic) bond motifs is 3. The van der Waals surface area contributed by atoms with Crippen LogP contribution in [0.2, 0.25) is 0 Å². The van der Waals surface area contributed by atoms with Gasteiger partial charge in [0.15, 0.2) is 5.65 Å². The summed E-state index contributed by atoms with van der Waals surface area (Å²) in [6.45, 7) is 3.98. The fourth-order valence-corrected chi connectivity index (χ4v) is 2.86. The molecular weight excluding hydrogens is 286 g/mol. The molecule has 0 saturated carbocycles. The van der Waals surface area contributed by atoms with E-state index in [2.05, 4.69) is 9.97 Å². The third kappa shape index (κ3) is 2.38. The van der Waals surface area contributed by atoms with Gasteiger partial charge in [0.2, 0.25) is 0 Å². The Morgan fingerprint density at radius 3 is 2.67 bits per heavy atom. The Balaban J connectivity index is 2.07. The van der Waals surface area contributed by atoms with E-state index in [9.17, 15) is 17.6 Å². The Morgan fingerprint density at radius 2 is 2.05 bits per heavy atom. The summed E-state index contributed by atoms with van der Waals surface area (Å²) < 4.78 is 53.9. The van der Waals surface area contributed by atoms with Crippen molar-refractivity contribution in [3.05, 3.63) is 23.7 Å². The quantitative estimate of drug-likeness (QED) is 0.753. The summed E-state index contributed by atoms with van der Waals surface area (Å²) in [4.78, 5) is 8.07. The molecule has 0 fully saturated rings. The van der Waals surface area contributed by atoms with Crippen molar-refractivity contribution >= 4 is 11.2 Å². The van der Waals surface area contributed by atoms with E-state index < -0.39 is 17.9 Å². The van der Waals surface area contributed by atoms with Gasteiger partial charge >= 0.3 is 6.18 Å². The van der Waals surface area contributed by atoms with Gasteiger partial charge in [-0.15, -0.1) is 0 Å². The van der Waals surface area contributed by atoms with E-state index in [4.69, 9.17) is 0 Å². The lowest BCUT2D eigenvalue weighted by molar-refractivity contribution is -0.137. The van der Waals surface area contributed by atoms with Gasteiger partial charge in [-0.2, -0.15) is 13.2 Å². The SMILES string of the molecule is CC(C)C1Cc2nc3cc(C(F)(F)F)cnc3n2CC1F. The van der Waals surface area contributed by atoms with E-state index in [1.807, 2.05) is 13.8 Å². The summed E-state index contributed by atoms with van der Waals surface area (Å²) in [5.41, 5.74) is -0.332. The number of halogens is 4. The molecule has 7 heteroatoms. The minimum atomic E-state index is -4.45. The van der Waals surface area contributed by atoms with Crippen molar-refractivity contribution in [3.8, 4) is 0 Å². The van der Waals surface area contributed by atoms with Crippen LogP contribution in [0.1, 0.15) is 25.2 Å². The van der Waals surface area contributed by atoms with Gasteiger partial charge in [-0.3, -0.25) is 0 Å². The minimum Gasteiger partial charge on any atom is -0.310 e. The van der Waals surface area contributed by atoms with Crippen molar-refractivity contribution in [3.63, 3.8) is 0 Å². The van der Waals surface area contributed by atoms with Gasteiger partial charge in [0.1, 0.15) is 17.5 Å². The maximum absolute atomic E-state index is 14.2. The van der Waals surface area contributed by atoms with Crippen molar-refractivity contribution in [2.24, 2.45) is 11.8 Å². The van der Waals surface area contributed by atoms with E-state index >= 15 is 0 Å². The van der Waals surface area contributed by atoms with Crippen LogP contribution in [0.3, 0.4) is 0 Å². The van der Waals surface area contributed by atoms with Crippen LogP contribution in [0.5, 0.6) is 0 Å². The second-order valence-corrected chi connectivity index (χ2v) is 5.83. The predicted molar refractivity (Wildman–Crippen MR) is 69.5 cm³/mol. The molecule has 114 valence electrons. The number of hydrogen-bond donors (Lipinski definition) is 0. The van der Waals surface area contributed by atoms with E-state index in [1.165, 1.54) is 0 Å². The first-order chi connectivity index (χ1) is 9.77. The van der Waals surface area contributed by atoms with E-state index in [-0.39, 0.29) is 23.9 Å². The van der Waals surface area contributed by atoms with E-state index in [1.54, 1.807) is 4.57 Å². The molecule has 0 bridgehead atoms. The molecule has 0 aliphatic carbocycles. The molecule has 0 radical (unpaired) electrons. The van der Waals surface area contributed by atoms with Gasteiger partial charge in [-0.25, -0.2) is 14.4 Å². The standard InChI is InChI=1S/C14H15F4N3/c1-7(2)9-4-12-20-11-3-8(14(16,17)18)5-19-13(11)21(12)6-10(9)15/h3,5,7,9-10H,4,6H2,1-2H3. The van der Waals surface area contributed by atoms with Crippen LogP contribution in [-0.4, -0.2) is 20.7 Å². The molecule has 0 amide bonds. The van der Waals surface area contributed by atoms with Crippen molar-refractivity contribution in [1.82, 2.24) is 14.5 Å². The molecule has 0 spiro atoms. The van der Waals surface area contributed by atoms with Gasteiger partial charge in [0, 0.05) is 18.5 Å². The molecule has 3 rings (SSSR count). The largest absolute Gasteiger partial charge is 0.417 e. The number of alkyl halides is 4. The second kappa shape index (κ2) is 4.68. The molecular formula is C14H15F4N3. The summed E-state index contributed by atoms with van der Waals surface area (Å²) in [7, 11) is 0. The van der Waals surface area contributed by atoms with Crippen molar-refractivity contribution in [2.75, 3.05) is 0 Å². The van der Waals surface area contributed by atoms with Crippen molar-refractivity contribution in [2.45, 2.75) is 39.2 Å². The van der Waals surface area contributed by atoms with Crippen LogP contribution in [0, 0.1) is 11.8 Å². The Morgan fingerprint density at radius 1 is 1.33 bits per heavy atom. The molecule has 1 aliphatic rings. The molecule has 21 heavy (non-hydrogen) atoms. The van der Waals surface area contributed by atoms with Crippen LogP contribution in [0.25, 0.3) is 11.2 Å². The number of aromatic nitrogens is 3. The highest BCUT2D eigenvalue weighted by Gasteiger charge is 2.35. The third-order valence-electron chi connectivity index (χ3n) is 4.09. The highest BCUT2D eigenvalue weighted by Crippen LogP contribution is 2.33. The van der Waals surface area contributed by atoms with Crippen LogP contribution >= 0.6 is 0 Å². The Bertz CT molecular complexity index is 675. The van der Waals surface area contributed by atoms with Crippen molar-refractivity contribution in [1.29, 1.82) is 0 Å². The molecule has 1 aliphatic heterocycles. The first-order valence-corrected chi connectivity index (χ1v) is 6.84. The van der Waals surface area contributed by atoms with Crippen molar-refractivity contribution < 1.29 is 17.6 Å². The Kier molecular flexibility index (Phi) is 3.18. The van der Waals surface area contributed by atoms with Gasteiger partial charge in [0.25, 0.3) is 0 Å². The van der Waals surface area contributed by atoms with Gasteiger partial charge < -0.3 is 4.57 Å². The average molecular weight is 301 g/mol. The molecule has 0 saturated heterocycles. The summed E-state index contributed by atoms with van der Waals surface area (Å²) in [6.07, 6.45) is -4.27. The fraction of sp³-hybridized carbons (Fsp3) is 0.571. The number of rotatable bonds is 1. The first-order valence-electron chi connectivity index (χ1n) is 6.84. The lowest BCUT2D eigenvalue weighted by Crippen LogP contribution is -2.34. The average Bonchev–Trinajstić information content (AvgIpc) is 2.73. The zero-order valence-corrected chi connectivity index (χ0v) is 11.7. The number of imidazole rings is 1. The van der Waals surface area contributed by atoms with Crippen LogP contribution in [0.4, 0.5) is 17.6 Å². The Hall–Kier alpha value is -1.66. The topological polar surface area (TPSA) is 30.7 Å². The van der Waals surface area contributed by atoms with E-state index in [0.717, 1.165) is 12.3 Å². The molecule has 0 N–H and O–H groups in total. The summed E-state index contributed by atoms with van der Waals surface area (Å²) in [5, 5.41) is 0. The zero-order chi connectivity index (χ0) is 15.4. The maximum Gasteiger partial charge on any atom is 0.417 e. The Labute approximate surface area is 119 Å².